The van der Waals surface area contributed by atoms with Crippen LogP contribution in [-0.4, -0.2) is 39.2 Å². The molecular weight excluding hydrogens is 258 g/mol. The minimum atomic E-state index is -0.586. The largest absolute Gasteiger partial charge is 0.465 e. The van der Waals surface area contributed by atoms with Crippen LogP contribution in [0.15, 0.2) is 18.2 Å². The summed E-state index contributed by atoms with van der Waals surface area (Å²) in [5.74, 6) is -0.386. The molecule has 1 heterocycles. The molecule has 0 N–H and O–H groups in total. The van der Waals surface area contributed by atoms with Crippen molar-refractivity contribution in [2.24, 2.45) is 0 Å². The van der Waals surface area contributed by atoms with Crippen molar-refractivity contribution >= 4 is 17.6 Å². The van der Waals surface area contributed by atoms with Gasteiger partial charge in [-0.05, 0) is 31.5 Å². The van der Waals surface area contributed by atoms with E-state index in [4.69, 9.17) is 9.47 Å². The molecule has 0 bridgehead atoms. The zero-order valence-corrected chi connectivity index (χ0v) is 12.2. The number of fused-ring (bicyclic) bond motifs is 1. The Balaban J connectivity index is 2.47. The van der Waals surface area contributed by atoms with E-state index in [1.165, 1.54) is 7.11 Å². The highest BCUT2D eigenvalue weighted by molar-refractivity contribution is 6.08. The summed E-state index contributed by atoms with van der Waals surface area (Å²) >= 11 is 0. The maximum atomic E-state index is 12.5. The molecule has 1 aromatic carbocycles. The van der Waals surface area contributed by atoms with E-state index < -0.39 is 11.4 Å². The zero-order valence-electron chi connectivity index (χ0n) is 12.2. The molecule has 0 aromatic heterocycles. The van der Waals surface area contributed by atoms with Crippen LogP contribution in [-0.2, 0) is 19.7 Å². The minimum absolute atomic E-state index is 0.0200. The molecular formula is C15H19NO4. The van der Waals surface area contributed by atoms with E-state index >= 15 is 0 Å². The van der Waals surface area contributed by atoms with Gasteiger partial charge in [-0.2, -0.15) is 0 Å². The SMILES string of the molecule is COCCN1C(=O)C(C)(C)c2ccc(C(=O)OC)cc21. The number of nitrogens with zero attached hydrogens (tertiary/aromatic N) is 1. The lowest BCUT2D eigenvalue weighted by Gasteiger charge is -2.19. The molecule has 0 radical (unpaired) electrons. The fraction of sp³-hybridized carbons (Fsp3) is 0.467. The highest BCUT2D eigenvalue weighted by Gasteiger charge is 2.43. The van der Waals surface area contributed by atoms with Crippen molar-refractivity contribution in [2.75, 3.05) is 32.3 Å². The Morgan fingerprint density at radius 1 is 1.30 bits per heavy atom. The number of anilines is 1. The van der Waals surface area contributed by atoms with Crippen LogP contribution in [0.3, 0.4) is 0 Å². The van der Waals surface area contributed by atoms with E-state index in [9.17, 15) is 9.59 Å². The van der Waals surface area contributed by atoms with Crippen molar-refractivity contribution in [3.8, 4) is 0 Å². The number of esters is 1. The molecule has 5 heteroatoms. The summed E-state index contributed by atoms with van der Waals surface area (Å²) in [5.41, 5.74) is 1.54. The Labute approximate surface area is 118 Å². The molecule has 1 amide bonds. The van der Waals surface area contributed by atoms with E-state index in [1.807, 2.05) is 19.9 Å². The highest BCUT2D eigenvalue weighted by Crippen LogP contribution is 2.41. The van der Waals surface area contributed by atoms with Crippen molar-refractivity contribution in [3.63, 3.8) is 0 Å². The molecule has 108 valence electrons. The van der Waals surface area contributed by atoms with Crippen molar-refractivity contribution in [1.82, 2.24) is 0 Å². The van der Waals surface area contributed by atoms with Gasteiger partial charge in [-0.3, -0.25) is 4.79 Å². The fourth-order valence-electron chi connectivity index (χ4n) is 2.49. The quantitative estimate of drug-likeness (QED) is 0.787. The van der Waals surface area contributed by atoms with Gasteiger partial charge in [0.05, 0.1) is 24.7 Å². The standard InChI is InChI=1S/C15H19NO4/c1-15(2)11-6-5-10(13(17)20-4)9-12(11)16(14(15)18)7-8-19-3/h5-6,9H,7-8H2,1-4H3. The average molecular weight is 277 g/mol. The molecule has 0 saturated carbocycles. The first-order chi connectivity index (χ1) is 9.43. The van der Waals surface area contributed by atoms with Crippen LogP contribution in [0.2, 0.25) is 0 Å². The van der Waals surface area contributed by atoms with Gasteiger partial charge in [-0.1, -0.05) is 6.07 Å². The maximum Gasteiger partial charge on any atom is 0.337 e. The average Bonchev–Trinajstić information content (AvgIpc) is 2.63. The molecule has 0 atom stereocenters. The summed E-state index contributed by atoms with van der Waals surface area (Å²) in [6.45, 7) is 4.69. The van der Waals surface area contributed by atoms with Gasteiger partial charge in [0.1, 0.15) is 0 Å². The highest BCUT2D eigenvalue weighted by atomic mass is 16.5. The monoisotopic (exact) mass is 277 g/mol. The predicted octanol–water partition coefficient (Wildman–Crippen LogP) is 1.74. The number of benzene rings is 1. The molecule has 20 heavy (non-hydrogen) atoms. The third kappa shape index (κ3) is 2.18. The van der Waals surface area contributed by atoms with Crippen molar-refractivity contribution in [1.29, 1.82) is 0 Å². The number of carbonyl (C=O) groups excluding carboxylic acids is 2. The smallest absolute Gasteiger partial charge is 0.337 e. The Bertz CT molecular complexity index is 551. The van der Waals surface area contributed by atoms with E-state index in [0.29, 0.717) is 18.7 Å². The molecule has 1 aromatic rings. The van der Waals surface area contributed by atoms with Gasteiger partial charge >= 0.3 is 5.97 Å². The molecule has 1 aliphatic heterocycles. The Hall–Kier alpha value is -1.88. The zero-order chi connectivity index (χ0) is 14.9. The Kier molecular flexibility index (Phi) is 3.81. The summed E-state index contributed by atoms with van der Waals surface area (Å²) in [7, 11) is 2.94. The third-order valence-electron chi connectivity index (χ3n) is 3.68. The summed E-state index contributed by atoms with van der Waals surface area (Å²) < 4.78 is 9.77. The van der Waals surface area contributed by atoms with Gasteiger partial charge in [-0.25, -0.2) is 4.79 Å². The molecule has 0 unspecified atom stereocenters. The normalized spacial score (nSPS) is 16.2. The number of hydrogen-bond acceptors (Lipinski definition) is 4. The van der Waals surface area contributed by atoms with Gasteiger partial charge in [0, 0.05) is 19.3 Å². The van der Waals surface area contributed by atoms with Crippen molar-refractivity contribution in [2.45, 2.75) is 19.3 Å². The first-order valence-electron chi connectivity index (χ1n) is 6.47. The number of amides is 1. The van der Waals surface area contributed by atoms with Crippen LogP contribution in [0.25, 0.3) is 0 Å². The van der Waals surface area contributed by atoms with E-state index in [2.05, 4.69) is 0 Å². The molecule has 1 aliphatic rings. The van der Waals surface area contributed by atoms with Gasteiger partial charge in [0.15, 0.2) is 0 Å². The lowest BCUT2D eigenvalue weighted by atomic mass is 9.86. The van der Waals surface area contributed by atoms with Gasteiger partial charge in [0.25, 0.3) is 0 Å². The van der Waals surface area contributed by atoms with Crippen LogP contribution in [0.5, 0.6) is 0 Å². The second-order valence-electron chi connectivity index (χ2n) is 5.30. The Morgan fingerprint density at radius 2 is 2.00 bits per heavy atom. The first kappa shape index (κ1) is 14.5. The van der Waals surface area contributed by atoms with Crippen LogP contribution >= 0.6 is 0 Å². The lowest BCUT2D eigenvalue weighted by Crippen LogP contribution is -2.38. The van der Waals surface area contributed by atoms with Crippen LogP contribution < -0.4 is 4.90 Å². The number of ether oxygens (including phenoxy) is 2. The van der Waals surface area contributed by atoms with Gasteiger partial charge < -0.3 is 14.4 Å². The molecule has 2 rings (SSSR count). The second-order valence-corrected chi connectivity index (χ2v) is 5.30. The minimum Gasteiger partial charge on any atom is -0.465 e. The molecule has 0 aliphatic carbocycles. The second kappa shape index (κ2) is 5.25. The number of carbonyl (C=O) groups is 2. The van der Waals surface area contributed by atoms with Crippen molar-refractivity contribution < 1.29 is 19.1 Å². The van der Waals surface area contributed by atoms with Crippen LogP contribution in [0.1, 0.15) is 29.8 Å². The fourth-order valence-corrected chi connectivity index (χ4v) is 2.49. The number of hydrogen-bond donors (Lipinski definition) is 0. The molecule has 0 fully saturated rings. The van der Waals surface area contributed by atoms with Crippen LogP contribution in [0, 0.1) is 0 Å². The number of methoxy groups -OCH3 is 2. The molecule has 0 saturated heterocycles. The summed E-state index contributed by atoms with van der Waals surface area (Å²) in [5, 5.41) is 0. The topological polar surface area (TPSA) is 55.8 Å². The number of rotatable bonds is 4. The van der Waals surface area contributed by atoms with Crippen LogP contribution in [0.4, 0.5) is 5.69 Å². The predicted molar refractivity (Wildman–Crippen MR) is 75.0 cm³/mol. The Morgan fingerprint density at radius 3 is 2.60 bits per heavy atom. The molecule has 5 nitrogen and oxygen atoms in total. The molecule has 0 spiro atoms. The van der Waals surface area contributed by atoms with E-state index in [-0.39, 0.29) is 5.91 Å². The maximum absolute atomic E-state index is 12.5. The summed E-state index contributed by atoms with van der Waals surface area (Å²) in [6, 6.07) is 5.23. The van der Waals surface area contributed by atoms with E-state index in [1.54, 1.807) is 24.1 Å². The third-order valence-corrected chi connectivity index (χ3v) is 3.68. The van der Waals surface area contributed by atoms with E-state index in [0.717, 1.165) is 11.3 Å². The van der Waals surface area contributed by atoms with Gasteiger partial charge in [0.2, 0.25) is 5.91 Å². The lowest BCUT2D eigenvalue weighted by molar-refractivity contribution is -0.122. The van der Waals surface area contributed by atoms with Gasteiger partial charge in [-0.15, -0.1) is 0 Å². The summed E-state index contributed by atoms with van der Waals surface area (Å²) in [6.07, 6.45) is 0. The summed E-state index contributed by atoms with van der Waals surface area (Å²) in [4.78, 5) is 25.8. The first-order valence-corrected chi connectivity index (χ1v) is 6.47. The van der Waals surface area contributed by atoms with Crippen molar-refractivity contribution in [3.05, 3.63) is 29.3 Å².